The fourth-order valence-corrected chi connectivity index (χ4v) is 3.05. The van der Waals surface area contributed by atoms with Gasteiger partial charge in [-0.15, -0.1) is 0 Å². The third kappa shape index (κ3) is 3.45. The van der Waals surface area contributed by atoms with Crippen LogP contribution in [0.5, 0.6) is 11.5 Å². The Bertz CT molecular complexity index is 1020. The summed E-state index contributed by atoms with van der Waals surface area (Å²) < 4.78 is 5.99. The molecule has 0 radical (unpaired) electrons. The molecule has 4 rings (SSSR count). The van der Waals surface area contributed by atoms with Crippen molar-refractivity contribution in [1.82, 2.24) is 0 Å². The predicted octanol–water partition coefficient (Wildman–Crippen LogP) is 6.40. The lowest BCUT2D eigenvalue weighted by Gasteiger charge is -2.12. The van der Waals surface area contributed by atoms with Crippen molar-refractivity contribution < 1.29 is 4.74 Å². The van der Waals surface area contributed by atoms with E-state index in [4.69, 9.17) is 10.5 Å². The van der Waals surface area contributed by atoms with E-state index in [1.807, 2.05) is 42.5 Å². The van der Waals surface area contributed by atoms with E-state index in [9.17, 15) is 0 Å². The zero-order chi connectivity index (χ0) is 17.8. The molecule has 0 saturated carbocycles. The minimum absolute atomic E-state index is 0.688. The van der Waals surface area contributed by atoms with Crippen LogP contribution in [0, 0.1) is 0 Å². The molecule has 0 amide bonds. The Balaban J connectivity index is 1.72. The maximum Gasteiger partial charge on any atom is 0.129 e. The molecule has 2 heteroatoms. The molecule has 0 heterocycles. The minimum Gasteiger partial charge on any atom is -0.457 e. The van der Waals surface area contributed by atoms with Crippen LogP contribution in [0.1, 0.15) is 0 Å². The van der Waals surface area contributed by atoms with Gasteiger partial charge in [0.15, 0.2) is 0 Å². The average Bonchev–Trinajstić information content (AvgIpc) is 2.69. The van der Waals surface area contributed by atoms with Crippen molar-refractivity contribution in [3.05, 3.63) is 103 Å². The SMILES string of the molecule is Nc1cccc(Oc2cccc(-c3ccccc3-c3ccccc3)c2)c1. The Kier molecular flexibility index (Phi) is 4.40. The highest BCUT2D eigenvalue weighted by Gasteiger charge is 2.08. The van der Waals surface area contributed by atoms with Gasteiger partial charge in [-0.2, -0.15) is 0 Å². The van der Waals surface area contributed by atoms with E-state index in [2.05, 4.69) is 60.7 Å². The van der Waals surface area contributed by atoms with Crippen LogP contribution < -0.4 is 10.5 Å². The van der Waals surface area contributed by atoms with Gasteiger partial charge in [-0.05, 0) is 46.5 Å². The highest BCUT2D eigenvalue weighted by atomic mass is 16.5. The molecule has 0 bridgehead atoms. The van der Waals surface area contributed by atoms with Gasteiger partial charge in [0.25, 0.3) is 0 Å². The van der Waals surface area contributed by atoms with Gasteiger partial charge in [-0.3, -0.25) is 0 Å². The lowest BCUT2D eigenvalue weighted by Crippen LogP contribution is -1.89. The van der Waals surface area contributed by atoms with Crippen LogP contribution in [0.3, 0.4) is 0 Å². The molecule has 0 fully saturated rings. The summed E-state index contributed by atoms with van der Waals surface area (Å²) in [5.41, 5.74) is 11.2. The molecule has 0 aliphatic heterocycles. The smallest absolute Gasteiger partial charge is 0.129 e. The molecule has 0 aliphatic rings. The molecule has 2 N–H and O–H groups in total. The lowest BCUT2D eigenvalue weighted by atomic mass is 9.94. The molecule has 4 aromatic rings. The maximum absolute atomic E-state index is 5.99. The first-order valence-corrected chi connectivity index (χ1v) is 8.58. The summed E-state index contributed by atoms with van der Waals surface area (Å²) >= 11 is 0. The molecule has 0 aromatic heterocycles. The molecular formula is C24H19NO. The number of nitrogen functional groups attached to an aromatic ring is 1. The van der Waals surface area contributed by atoms with Crippen molar-refractivity contribution in [1.29, 1.82) is 0 Å². The summed E-state index contributed by atoms with van der Waals surface area (Å²) in [7, 11) is 0. The second-order valence-corrected chi connectivity index (χ2v) is 6.11. The summed E-state index contributed by atoms with van der Waals surface area (Å²) in [6.45, 7) is 0. The van der Waals surface area contributed by atoms with E-state index in [0.29, 0.717) is 5.69 Å². The van der Waals surface area contributed by atoms with Crippen molar-refractivity contribution >= 4 is 5.69 Å². The zero-order valence-corrected chi connectivity index (χ0v) is 14.3. The van der Waals surface area contributed by atoms with Crippen LogP contribution in [0.4, 0.5) is 5.69 Å². The fourth-order valence-electron chi connectivity index (χ4n) is 3.05. The molecule has 0 spiro atoms. The van der Waals surface area contributed by atoms with Gasteiger partial charge in [0.05, 0.1) is 0 Å². The third-order valence-corrected chi connectivity index (χ3v) is 4.25. The van der Waals surface area contributed by atoms with Gasteiger partial charge in [-0.25, -0.2) is 0 Å². The number of anilines is 1. The van der Waals surface area contributed by atoms with Crippen LogP contribution >= 0.6 is 0 Å². The first-order valence-electron chi connectivity index (χ1n) is 8.58. The van der Waals surface area contributed by atoms with Crippen LogP contribution in [0.15, 0.2) is 103 Å². The summed E-state index contributed by atoms with van der Waals surface area (Å²) in [4.78, 5) is 0. The highest BCUT2D eigenvalue weighted by molar-refractivity contribution is 5.83. The van der Waals surface area contributed by atoms with Gasteiger partial charge < -0.3 is 10.5 Å². The van der Waals surface area contributed by atoms with E-state index in [-0.39, 0.29) is 0 Å². The molecule has 0 aliphatic carbocycles. The van der Waals surface area contributed by atoms with Crippen molar-refractivity contribution in [2.75, 3.05) is 5.73 Å². The Morgan fingerprint density at radius 1 is 0.500 bits per heavy atom. The number of rotatable bonds is 4. The first kappa shape index (κ1) is 16.0. The van der Waals surface area contributed by atoms with Crippen molar-refractivity contribution in [3.8, 4) is 33.8 Å². The number of hydrogen-bond donors (Lipinski definition) is 1. The number of benzene rings is 4. The average molecular weight is 337 g/mol. The largest absolute Gasteiger partial charge is 0.457 e. The normalized spacial score (nSPS) is 10.5. The van der Waals surface area contributed by atoms with Crippen LogP contribution in [0.25, 0.3) is 22.3 Å². The van der Waals surface area contributed by atoms with Gasteiger partial charge in [-0.1, -0.05) is 72.8 Å². The first-order chi connectivity index (χ1) is 12.8. The van der Waals surface area contributed by atoms with Crippen molar-refractivity contribution in [2.24, 2.45) is 0 Å². The summed E-state index contributed by atoms with van der Waals surface area (Å²) in [5.74, 6) is 1.52. The zero-order valence-electron chi connectivity index (χ0n) is 14.3. The number of nitrogens with two attached hydrogens (primary N) is 1. The molecule has 4 aromatic carbocycles. The molecular weight excluding hydrogens is 318 g/mol. The van der Waals surface area contributed by atoms with Gasteiger partial charge >= 0.3 is 0 Å². The number of ether oxygens (including phenoxy) is 1. The Morgan fingerprint density at radius 2 is 1.08 bits per heavy atom. The van der Waals surface area contributed by atoms with E-state index >= 15 is 0 Å². The second-order valence-electron chi connectivity index (χ2n) is 6.11. The monoisotopic (exact) mass is 337 g/mol. The van der Waals surface area contributed by atoms with Crippen LogP contribution in [-0.2, 0) is 0 Å². The Morgan fingerprint density at radius 3 is 1.81 bits per heavy atom. The topological polar surface area (TPSA) is 35.2 Å². The van der Waals surface area contributed by atoms with E-state index in [0.717, 1.165) is 17.1 Å². The number of hydrogen-bond acceptors (Lipinski definition) is 2. The Hall–Kier alpha value is -3.52. The molecule has 0 saturated heterocycles. The summed E-state index contributed by atoms with van der Waals surface area (Å²) in [6, 6.07) is 34.4. The Labute approximate surface area is 153 Å². The standard InChI is InChI=1S/C24H19NO/c25-20-11-7-13-22(17-20)26-21-12-6-10-19(16-21)24-15-5-4-14-23(24)18-8-2-1-3-9-18/h1-17H,25H2. The molecule has 0 atom stereocenters. The second kappa shape index (κ2) is 7.16. The lowest BCUT2D eigenvalue weighted by molar-refractivity contribution is 0.483. The van der Waals surface area contributed by atoms with E-state index < -0.39 is 0 Å². The third-order valence-electron chi connectivity index (χ3n) is 4.25. The highest BCUT2D eigenvalue weighted by Crippen LogP contribution is 2.34. The van der Waals surface area contributed by atoms with E-state index in [1.54, 1.807) is 0 Å². The fraction of sp³-hybridized carbons (Fsp3) is 0. The predicted molar refractivity (Wildman–Crippen MR) is 108 cm³/mol. The molecule has 26 heavy (non-hydrogen) atoms. The minimum atomic E-state index is 0.688. The molecule has 2 nitrogen and oxygen atoms in total. The van der Waals surface area contributed by atoms with E-state index in [1.165, 1.54) is 16.7 Å². The van der Waals surface area contributed by atoms with Crippen molar-refractivity contribution in [2.45, 2.75) is 0 Å². The summed E-state index contributed by atoms with van der Waals surface area (Å²) in [6.07, 6.45) is 0. The van der Waals surface area contributed by atoms with Gasteiger partial charge in [0, 0.05) is 11.8 Å². The molecule has 0 unspecified atom stereocenters. The molecule has 126 valence electrons. The maximum atomic E-state index is 5.99. The van der Waals surface area contributed by atoms with Crippen molar-refractivity contribution in [3.63, 3.8) is 0 Å². The quantitative estimate of drug-likeness (QED) is 0.438. The van der Waals surface area contributed by atoms with Gasteiger partial charge in [0.1, 0.15) is 11.5 Å². The van der Waals surface area contributed by atoms with Crippen LogP contribution in [-0.4, -0.2) is 0 Å². The van der Waals surface area contributed by atoms with Gasteiger partial charge in [0.2, 0.25) is 0 Å². The summed E-state index contributed by atoms with van der Waals surface area (Å²) in [5, 5.41) is 0. The van der Waals surface area contributed by atoms with Crippen LogP contribution in [0.2, 0.25) is 0 Å².